The van der Waals surface area contributed by atoms with E-state index in [1.54, 1.807) is 6.92 Å². The molecule has 0 N–H and O–H groups in total. The molecule has 0 spiro atoms. The van der Waals surface area contributed by atoms with E-state index in [9.17, 15) is 9.59 Å². The van der Waals surface area contributed by atoms with Crippen molar-refractivity contribution < 1.29 is 9.59 Å². The molecular weight excluding hydrogens is 330 g/mol. The van der Waals surface area contributed by atoms with Crippen molar-refractivity contribution in [1.29, 1.82) is 0 Å². The lowest BCUT2D eigenvalue weighted by molar-refractivity contribution is -0.136. The van der Waals surface area contributed by atoms with Crippen LogP contribution < -0.4 is 0 Å². The topological polar surface area (TPSA) is 37.4 Å². The number of hydrogen-bond acceptors (Lipinski definition) is 2. The number of amides is 1. The van der Waals surface area contributed by atoms with Gasteiger partial charge in [0, 0.05) is 17.8 Å². The number of carbonyl (C=O) groups excluding carboxylic acids is 2. The van der Waals surface area contributed by atoms with E-state index in [0.29, 0.717) is 11.8 Å². The molecule has 2 rings (SSSR count). The fourth-order valence-electron chi connectivity index (χ4n) is 4.68. The standard InChI is InChI=1S/C19H31NO2Si2/c1-14(21)17-16(15-11-9-8-10-12-15)13-20(18(17)22)19(23(2,3)4)24(5,6)7/h8-12,16-17,19H,13H2,1-7H3/t16-,17-/m1/s1. The molecule has 0 radical (unpaired) electrons. The highest BCUT2D eigenvalue weighted by atomic mass is 28.4. The van der Waals surface area contributed by atoms with Crippen molar-refractivity contribution in [3.63, 3.8) is 0 Å². The minimum atomic E-state index is -1.57. The number of Topliss-reactive ketones (excluding diaryl/α,β-unsaturated/α-hetero) is 1. The highest BCUT2D eigenvalue weighted by Crippen LogP contribution is 2.38. The van der Waals surface area contributed by atoms with E-state index >= 15 is 0 Å². The molecule has 2 atom stereocenters. The van der Waals surface area contributed by atoms with Crippen molar-refractivity contribution in [1.82, 2.24) is 4.90 Å². The summed E-state index contributed by atoms with van der Waals surface area (Å²) in [6, 6.07) is 10.1. The molecule has 3 nitrogen and oxygen atoms in total. The Balaban J connectivity index is 2.46. The minimum absolute atomic E-state index is 0.00116. The van der Waals surface area contributed by atoms with E-state index in [4.69, 9.17) is 0 Å². The first-order valence-electron chi connectivity index (χ1n) is 8.80. The van der Waals surface area contributed by atoms with Crippen LogP contribution in [0.3, 0.4) is 0 Å². The first-order chi connectivity index (χ1) is 10.9. The van der Waals surface area contributed by atoms with Gasteiger partial charge in [0.2, 0.25) is 5.91 Å². The molecule has 1 aliphatic heterocycles. The van der Waals surface area contributed by atoms with Gasteiger partial charge in [-0.05, 0) is 12.5 Å². The molecule has 0 bridgehead atoms. The summed E-state index contributed by atoms with van der Waals surface area (Å²) in [4.78, 5) is 27.6. The second kappa shape index (κ2) is 6.60. The van der Waals surface area contributed by atoms with E-state index in [1.807, 2.05) is 18.2 Å². The van der Waals surface area contributed by atoms with Gasteiger partial charge in [0.25, 0.3) is 0 Å². The summed E-state index contributed by atoms with van der Waals surface area (Å²) in [5.74, 6) is -0.457. The summed E-state index contributed by atoms with van der Waals surface area (Å²) < 4.78 is 0. The van der Waals surface area contributed by atoms with Crippen molar-refractivity contribution in [2.24, 2.45) is 5.92 Å². The second-order valence-corrected chi connectivity index (χ2v) is 20.4. The zero-order valence-electron chi connectivity index (χ0n) is 16.1. The lowest BCUT2D eigenvalue weighted by Crippen LogP contribution is -2.64. The van der Waals surface area contributed by atoms with Crippen LogP contribution in [0.4, 0.5) is 0 Å². The summed E-state index contributed by atoms with van der Waals surface area (Å²) in [5.41, 5.74) is 1.11. The van der Waals surface area contributed by atoms with Crippen LogP contribution in [0.15, 0.2) is 30.3 Å². The van der Waals surface area contributed by atoms with Gasteiger partial charge in [0.05, 0.1) is 16.1 Å². The van der Waals surface area contributed by atoms with Crippen LogP contribution >= 0.6 is 0 Å². The number of carbonyl (C=O) groups is 2. The minimum Gasteiger partial charge on any atom is -0.344 e. The highest BCUT2D eigenvalue weighted by Gasteiger charge is 2.51. The van der Waals surface area contributed by atoms with Crippen LogP contribution in [0.1, 0.15) is 18.4 Å². The van der Waals surface area contributed by atoms with Gasteiger partial charge in [0.15, 0.2) is 0 Å². The Morgan fingerprint density at radius 2 is 1.54 bits per heavy atom. The average Bonchev–Trinajstić information content (AvgIpc) is 2.74. The van der Waals surface area contributed by atoms with Crippen LogP contribution in [0.2, 0.25) is 39.3 Å². The molecule has 0 unspecified atom stereocenters. The zero-order valence-corrected chi connectivity index (χ0v) is 18.1. The van der Waals surface area contributed by atoms with Gasteiger partial charge < -0.3 is 4.90 Å². The lowest BCUT2D eigenvalue weighted by Gasteiger charge is -2.44. The molecule has 1 amide bonds. The largest absolute Gasteiger partial charge is 0.344 e. The second-order valence-electron chi connectivity index (χ2n) is 9.23. The quantitative estimate of drug-likeness (QED) is 0.588. The summed E-state index contributed by atoms with van der Waals surface area (Å²) in [6.07, 6.45) is 0. The number of ketones is 1. The Bertz CT molecular complexity index is 602. The number of rotatable bonds is 5. The first kappa shape index (κ1) is 19.1. The summed E-state index contributed by atoms with van der Waals surface area (Å²) in [7, 11) is -3.14. The van der Waals surface area contributed by atoms with Gasteiger partial charge >= 0.3 is 0 Å². The highest BCUT2D eigenvalue weighted by molar-refractivity contribution is 6.96. The van der Waals surface area contributed by atoms with Crippen molar-refractivity contribution in [2.75, 3.05) is 6.54 Å². The summed E-state index contributed by atoms with van der Waals surface area (Å²) in [5, 5.41) is 0.355. The molecule has 1 saturated heterocycles. The first-order valence-corrected chi connectivity index (χ1v) is 16.0. The van der Waals surface area contributed by atoms with Crippen molar-refractivity contribution >= 4 is 27.8 Å². The Hall–Kier alpha value is -1.21. The van der Waals surface area contributed by atoms with Gasteiger partial charge in [-0.3, -0.25) is 9.59 Å². The van der Waals surface area contributed by atoms with Crippen LogP contribution in [-0.4, -0.2) is 44.6 Å². The molecule has 1 aromatic carbocycles. The third kappa shape index (κ3) is 3.72. The molecule has 1 fully saturated rings. The molecule has 0 saturated carbocycles. The monoisotopic (exact) mass is 361 g/mol. The predicted octanol–water partition coefficient (Wildman–Crippen LogP) is 3.94. The molecule has 1 aromatic rings. The van der Waals surface area contributed by atoms with Crippen LogP contribution in [0.25, 0.3) is 0 Å². The lowest BCUT2D eigenvalue weighted by atomic mass is 9.86. The summed E-state index contributed by atoms with van der Waals surface area (Å²) in [6.45, 7) is 16.4. The normalized spacial score (nSPS) is 22.3. The summed E-state index contributed by atoms with van der Waals surface area (Å²) >= 11 is 0. The molecule has 0 aliphatic carbocycles. The van der Waals surface area contributed by atoms with Crippen LogP contribution in [0.5, 0.6) is 0 Å². The maximum absolute atomic E-state index is 13.2. The third-order valence-electron chi connectivity index (χ3n) is 4.96. The van der Waals surface area contributed by atoms with E-state index in [0.717, 1.165) is 5.56 Å². The fourth-order valence-corrected chi connectivity index (χ4v) is 17.4. The Kier molecular flexibility index (Phi) is 5.26. The fraction of sp³-hybridized carbons (Fsp3) is 0.579. The number of likely N-dealkylation sites (tertiary alicyclic amines) is 1. The van der Waals surface area contributed by atoms with Crippen molar-refractivity contribution in [3.05, 3.63) is 35.9 Å². The molecule has 1 heterocycles. The number of hydrogen-bond donors (Lipinski definition) is 0. The zero-order chi connectivity index (χ0) is 18.3. The Morgan fingerprint density at radius 3 is 1.96 bits per heavy atom. The molecule has 0 aromatic heterocycles. The SMILES string of the molecule is CC(=O)[C@H]1C(=O)N(C([Si](C)(C)C)[Si](C)(C)C)C[C@@H]1c1ccccc1. The van der Waals surface area contributed by atoms with Crippen molar-refractivity contribution in [3.8, 4) is 0 Å². The van der Waals surface area contributed by atoms with Crippen LogP contribution in [-0.2, 0) is 9.59 Å². The molecule has 1 aliphatic rings. The Morgan fingerprint density at radius 1 is 1.04 bits per heavy atom. The van der Waals surface area contributed by atoms with Gasteiger partial charge in [0.1, 0.15) is 11.7 Å². The molecule has 24 heavy (non-hydrogen) atoms. The predicted molar refractivity (Wildman–Crippen MR) is 106 cm³/mol. The molecule has 5 heteroatoms. The van der Waals surface area contributed by atoms with Gasteiger partial charge in [-0.2, -0.15) is 0 Å². The maximum Gasteiger partial charge on any atom is 0.233 e. The van der Waals surface area contributed by atoms with E-state index in [2.05, 4.69) is 56.3 Å². The smallest absolute Gasteiger partial charge is 0.233 e. The molecule has 132 valence electrons. The third-order valence-corrected chi connectivity index (χ3v) is 14.1. The van der Waals surface area contributed by atoms with Gasteiger partial charge in [-0.25, -0.2) is 0 Å². The van der Waals surface area contributed by atoms with E-state index in [-0.39, 0.29) is 17.6 Å². The van der Waals surface area contributed by atoms with E-state index in [1.165, 1.54) is 0 Å². The molecular formula is C19H31NO2Si2. The van der Waals surface area contributed by atoms with Crippen LogP contribution in [0, 0.1) is 5.92 Å². The average molecular weight is 362 g/mol. The van der Waals surface area contributed by atoms with Gasteiger partial charge in [-0.15, -0.1) is 0 Å². The Labute approximate surface area is 148 Å². The van der Waals surface area contributed by atoms with Gasteiger partial charge in [-0.1, -0.05) is 69.6 Å². The van der Waals surface area contributed by atoms with E-state index < -0.39 is 22.1 Å². The maximum atomic E-state index is 13.2. The number of nitrogens with zero attached hydrogens (tertiary/aromatic N) is 1. The number of benzene rings is 1. The van der Waals surface area contributed by atoms with Crippen molar-refractivity contribution in [2.45, 2.75) is 57.4 Å².